The molecule has 1 aromatic carbocycles. The molecule has 3 aliphatic rings. The number of halogens is 3. The molecule has 1 saturated heterocycles. The molecule has 1 spiro atoms. The molecule has 212 valence electrons. The van der Waals surface area contributed by atoms with Crippen molar-refractivity contribution in [2.75, 3.05) is 18.0 Å². The summed E-state index contributed by atoms with van der Waals surface area (Å²) in [7, 11) is 0. The summed E-state index contributed by atoms with van der Waals surface area (Å²) in [4.78, 5) is 10.9. The number of hydrogen-bond donors (Lipinski definition) is 0. The van der Waals surface area contributed by atoms with Crippen LogP contribution in [0.25, 0.3) is 28.4 Å². The summed E-state index contributed by atoms with van der Waals surface area (Å²) >= 11 is 0. The predicted molar refractivity (Wildman–Crippen MR) is 151 cm³/mol. The van der Waals surface area contributed by atoms with E-state index in [2.05, 4.69) is 44.3 Å². The molecule has 2 aliphatic carbocycles. The van der Waals surface area contributed by atoms with Gasteiger partial charge in [-0.05, 0) is 81.8 Å². The summed E-state index contributed by atoms with van der Waals surface area (Å²) in [5.74, 6) is 2.10. The van der Waals surface area contributed by atoms with Gasteiger partial charge in [0, 0.05) is 53.5 Å². The van der Waals surface area contributed by atoms with Crippen molar-refractivity contribution >= 4 is 22.7 Å². The molecule has 4 heterocycles. The Bertz CT molecular complexity index is 1630. The topological polar surface area (TPSA) is 64.3 Å². The van der Waals surface area contributed by atoms with Gasteiger partial charge < -0.3 is 14.2 Å². The van der Waals surface area contributed by atoms with Crippen LogP contribution in [0.2, 0.25) is 0 Å². The molecule has 9 heteroatoms. The van der Waals surface area contributed by atoms with Crippen LogP contribution in [0.4, 0.5) is 18.9 Å². The Labute approximate surface area is 236 Å². The minimum Gasteiger partial charge on any atom is -0.490 e. The average Bonchev–Trinajstić information content (AvgIpc) is 3.65. The normalized spacial score (nSPS) is 18.8. The van der Waals surface area contributed by atoms with Gasteiger partial charge in [0.15, 0.2) is 0 Å². The largest absolute Gasteiger partial charge is 0.490 e. The van der Waals surface area contributed by atoms with Crippen LogP contribution >= 0.6 is 0 Å². The number of fused-ring (bicyclic) bond motifs is 1. The highest BCUT2D eigenvalue weighted by Crippen LogP contribution is 2.54. The van der Waals surface area contributed by atoms with Crippen LogP contribution in [-0.4, -0.2) is 34.3 Å². The van der Waals surface area contributed by atoms with Gasteiger partial charge in [-0.2, -0.15) is 13.2 Å². The van der Waals surface area contributed by atoms with Crippen molar-refractivity contribution in [3.05, 3.63) is 71.8 Å². The van der Waals surface area contributed by atoms with E-state index in [-0.39, 0.29) is 28.8 Å². The molecular weight excluding hydrogens is 529 g/mol. The molecule has 0 bridgehead atoms. The van der Waals surface area contributed by atoms with Crippen molar-refractivity contribution in [3.63, 3.8) is 0 Å². The molecule has 6 nitrogen and oxygen atoms in total. The molecule has 3 fully saturated rings. The molecular formula is C32H31F3N4O2. The molecule has 0 radical (unpaired) electrons. The van der Waals surface area contributed by atoms with Crippen LogP contribution < -0.4 is 9.64 Å². The molecule has 41 heavy (non-hydrogen) atoms. The fraction of sp³-hybridized carbons (Fsp3) is 0.406. The first-order valence-electron chi connectivity index (χ1n) is 14.2. The first kappa shape index (κ1) is 26.0. The Kier molecular flexibility index (Phi) is 6.10. The number of pyridine rings is 2. The third-order valence-corrected chi connectivity index (χ3v) is 8.43. The van der Waals surface area contributed by atoms with Crippen LogP contribution in [0.15, 0.2) is 59.4 Å². The van der Waals surface area contributed by atoms with E-state index in [1.165, 1.54) is 18.0 Å². The number of benzene rings is 1. The van der Waals surface area contributed by atoms with Crippen LogP contribution in [-0.2, 0) is 6.18 Å². The fourth-order valence-electron chi connectivity index (χ4n) is 6.39. The molecule has 0 unspecified atom stereocenters. The summed E-state index contributed by atoms with van der Waals surface area (Å²) in [5, 5.41) is 5.10. The lowest BCUT2D eigenvalue weighted by Gasteiger charge is -2.59. The van der Waals surface area contributed by atoms with Crippen LogP contribution in [0.1, 0.15) is 62.3 Å². The number of allylic oxidation sites excluding steroid dienone is 1. The van der Waals surface area contributed by atoms with Gasteiger partial charge >= 0.3 is 6.18 Å². The zero-order chi connectivity index (χ0) is 28.4. The Morgan fingerprint density at radius 1 is 1.05 bits per heavy atom. The quantitative estimate of drug-likeness (QED) is 0.229. The molecule has 7 rings (SSSR count). The lowest BCUT2D eigenvalue weighted by atomic mass is 9.57. The smallest absolute Gasteiger partial charge is 0.418 e. The van der Waals surface area contributed by atoms with Crippen LogP contribution in [0.3, 0.4) is 0 Å². The molecule has 0 amide bonds. The van der Waals surface area contributed by atoms with Crippen molar-refractivity contribution in [1.82, 2.24) is 15.1 Å². The van der Waals surface area contributed by atoms with E-state index in [0.717, 1.165) is 61.5 Å². The highest BCUT2D eigenvalue weighted by molar-refractivity contribution is 5.88. The lowest BCUT2D eigenvalue weighted by Crippen LogP contribution is -2.62. The van der Waals surface area contributed by atoms with Gasteiger partial charge in [-0.3, -0.25) is 9.97 Å². The van der Waals surface area contributed by atoms with Gasteiger partial charge in [0.25, 0.3) is 0 Å². The highest BCUT2D eigenvalue weighted by atomic mass is 19.4. The van der Waals surface area contributed by atoms with Gasteiger partial charge in [-0.15, -0.1) is 0 Å². The Hall–Kier alpha value is -3.88. The number of nitrogens with zero attached hydrogens (tertiary/aromatic N) is 4. The first-order chi connectivity index (χ1) is 19.7. The molecule has 3 aromatic heterocycles. The number of ether oxygens (including phenoxy) is 1. The molecule has 0 N–H and O–H groups in total. The monoisotopic (exact) mass is 560 g/mol. The van der Waals surface area contributed by atoms with Crippen LogP contribution in [0, 0.1) is 11.3 Å². The van der Waals surface area contributed by atoms with Gasteiger partial charge in [-0.1, -0.05) is 17.3 Å². The van der Waals surface area contributed by atoms with Crippen LogP contribution in [0.5, 0.6) is 5.75 Å². The van der Waals surface area contributed by atoms with E-state index in [4.69, 9.17) is 9.26 Å². The standard InChI is InChI=1S/C32H31F3N4O2/c1-19(2)40-27-11-13-36-26-10-8-22(14-24(26)27)39-17-31(18-39)15-20(16-31)5-9-23-28(38-41-30(23)21-6-7-21)29-25(32(33,34)35)4-3-12-37-29/h3-5,8-14,19-21H,6-7,15-18H2,1-2H3/b9-5+. The van der Waals surface area contributed by atoms with Crippen molar-refractivity contribution < 1.29 is 22.4 Å². The van der Waals surface area contributed by atoms with Gasteiger partial charge in [0.1, 0.15) is 22.9 Å². The maximum absolute atomic E-state index is 13.7. The SMILES string of the molecule is CC(C)Oc1ccnc2ccc(N3CC4(CC(/C=C/c5c(-c6ncccc6C(F)(F)F)noc5C5CC5)C4)C3)cc12. The number of anilines is 1. The average molecular weight is 561 g/mol. The predicted octanol–water partition coefficient (Wildman–Crippen LogP) is 7.90. The van der Waals surface area contributed by atoms with E-state index >= 15 is 0 Å². The number of alkyl halides is 3. The summed E-state index contributed by atoms with van der Waals surface area (Å²) in [6.07, 6.45) is 6.78. The minimum atomic E-state index is -4.52. The van der Waals surface area contributed by atoms with Crippen molar-refractivity contribution in [2.24, 2.45) is 11.3 Å². The zero-order valence-electron chi connectivity index (χ0n) is 23.0. The number of hydrogen-bond acceptors (Lipinski definition) is 6. The Morgan fingerprint density at radius 2 is 1.85 bits per heavy atom. The second-order valence-electron chi connectivity index (χ2n) is 12.0. The van der Waals surface area contributed by atoms with Gasteiger partial charge in [0.05, 0.1) is 17.2 Å². The minimum absolute atomic E-state index is 0.0846. The maximum atomic E-state index is 13.7. The molecule has 0 atom stereocenters. The Morgan fingerprint density at radius 3 is 2.59 bits per heavy atom. The van der Waals surface area contributed by atoms with Crippen molar-refractivity contribution in [3.8, 4) is 17.1 Å². The second-order valence-corrected chi connectivity index (χ2v) is 12.0. The molecule has 4 aromatic rings. The third kappa shape index (κ3) is 4.85. The maximum Gasteiger partial charge on any atom is 0.418 e. The van der Waals surface area contributed by atoms with E-state index in [0.29, 0.717) is 17.2 Å². The lowest BCUT2D eigenvalue weighted by molar-refractivity contribution is -0.137. The van der Waals surface area contributed by atoms with Gasteiger partial charge in [0.2, 0.25) is 0 Å². The van der Waals surface area contributed by atoms with Gasteiger partial charge in [-0.25, -0.2) is 0 Å². The Balaban J connectivity index is 1.06. The number of aromatic nitrogens is 3. The summed E-state index contributed by atoms with van der Waals surface area (Å²) in [6, 6.07) is 10.6. The van der Waals surface area contributed by atoms with E-state index in [1.807, 2.05) is 26.0 Å². The summed E-state index contributed by atoms with van der Waals surface area (Å²) in [6.45, 7) is 6.01. The molecule has 1 aliphatic heterocycles. The van der Waals surface area contributed by atoms with E-state index < -0.39 is 11.7 Å². The van der Waals surface area contributed by atoms with Crippen molar-refractivity contribution in [1.29, 1.82) is 0 Å². The van der Waals surface area contributed by atoms with Crippen molar-refractivity contribution in [2.45, 2.75) is 57.7 Å². The molecule has 2 saturated carbocycles. The summed E-state index contributed by atoms with van der Waals surface area (Å²) in [5.41, 5.74) is 2.20. The van der Waals surface area contributed by atoms with E-state index in [9.17, 15) is 13.2 Å². The fourth-order valence-corrected chi connectivity index (χ4v) is 6.39. The van der Waals surface area contributed by atoms with E-state index in [1.54, 1.807) is 6.20 Å². The first-order valence-corrected chi connectivity index (χ1v) is 14.2. The number of rotatable bonds is 7. The second kappa shape index (κ2) is 9.60. The summed E-state index contributed by atoms with van der Waals surface area (Å²) < 4.78 is 52.8. The zero-order valence-corrected chi connectivity index (χ0v) is 23.0. The highest BCUT2D eigenvalue weighted by Gasteiger charge is 2.51. The third-order valence-electron chi connectivity index (χ3n) is 8.43.